The third kappa shape index (κ3) is 5.40. The summed E-state index contributed by atoms with van der Waals surface area (Å²) in [6, 6.07) is 9.25. The zero-order valence-electron chi connectivity index (χ0n) is 18.6. The molecule has 0 radical (unpaired) electrons. The molecule has 5 rings (SSSR count). The molecule has 0 saturated heterocycles. The van der Waals surface area contributed by atoms with Gasteiger partial charge in [-0.05, 0) is 54.2 Å². The van der Waals surface area contributed by atoms with Gasteiger partial charge in [0, 0.05) is 24.0 Å². The Morgan fingerprint density at radius 2 is 2.06 bits per heavy atom. The van der Waals surface area contributed by atoms with Crippen LogP contribution in [0.15, 0.2) is 60.3 Å². The van der Waals surface area contributed by atoms with E-state index in [0.717, 1.165) is 11.3 Å². The molecule has 1 aliphatic carbocycles. The summed E-state index contributed by atoms with van der Waals surface area (Å²) < 4.78 is 3.61. The van der Waals surface area contributed by atoms with Crippen LogP contribution in [0.5, 0.6) is 0 Å². The Morgan fingerprint density at radius 1 is 1.23 bits per heavy atom. The molecule has 0 spiro atoms. The van der Waals surface area contributed by atoms with Gasteiger partial charge in [-0.25, -0.2) is 15.5 Å². The van der Waals surface area contributed by atoms with Gasteiger partial charge >= 0.3 is 0 Å². The summed E-state index contributed by atoms with van der Waals surface area (Å²) >= 11 is 11.8. The first-order valence-corrected chi connectivity index (χ1v) is 11.7. The number of nitrogens with two attached hydrogens (primary N) is 2. The Morgan fingerprint density at radius 3 is 2.83 bits per heavy atom. The van der Waals surface area contributed by atoms with Gasteiger partial charge in [0.25, 0.3) is 5.91 Å². The molecule has 12 heteroatoms. The van der Waals surface area contributed by atoms with Gasteiger partial charge in [-0.3, -0.25) is 9.80 Å². The summed E-state index contributed by atoms with van der Waals surface area (Å²) in [5, 5.41) is 12.7. The van der Waals surface area contributed by atoms with Crippen molar-refractivity contribution in [1.29, 1.82) is 0 Å². The minimum absolute atomic E-state index is 0.0167. The second-order valence-electron chi connectivity index (χ2n) is 8.41. The molecule has 1 fully saturated rings. The van der Waals surface area contributed by atoms with Gasteiger partial charge in [0.1, 0.15) is 10.8 Å². The number of nitrogens with zero attached hydrogens (tertiary/aromatic N) is 6. The molecule has 3 heterocycles. The number of aromatic nitrogens is 5. The highest BCUT2D eigenvalue weighted by atomic mass is 35.5. The SMILES string of the molecule is N/C(Cl)=C\N(N)c1ccc(Cl)cc1CNC(=O)c1cn(Cc2cn3cc(C4CC4)ccc3n2)nn1. The first-order valence-electron chi connectivity index (χ1n) is 11.0. The second kappa shape index (κ2) is 9.57. The minimum atomic E-state index is -0.387. The lowest BCUT2D eigenvalue weighted by Crippen LogP contribution is -2.29. The molecule has 3 aromatic heterocycles. The van der Waals surface area contributed by atoms with Crippen LogP contribution < -0.4 is 21.9 Å². The van der Waals surface area contributed by atoms with Crippen molar-refractivity contribution in [3.63, 3.8) is 0 Å². The lowest BCUT2D eigenvalue weighted by atomic mass is 10.1. The molecular weight excluding hydrogens is 489 g/mol. The standard InChI is InChI=1S/C23H23Cl2N9O/c24-17-4-5-20(34(27)13-21(25)26)16(7-17)8-28-23(35)19-12-33(31-30-19)11-18-10-32-9-15(14-1-2-14)3-6-22(32)29-18/h3-7,9-10,12-14H,1-2,8,11,26-27H2,(H,28,35)/b21-13-. The van der Waals surface area contributed by atoms with Crippen molar-refractivity contribution in [2.45, 2.75) is 31.8 Å². The van der Waals surface area contributed by atoms with Crippen LogP contribution in [0.4, 0.5) is 5.69 Å². The summed E-state index contributed by atoms with van der Waals surface area (Å²) in [5.74, 6) is 6.29. The van der Waals surface area contributed by atoms with Crippen molar-refractivity contribution in [2.24, 2.45) is 11.6 Å². The van der Waals surface area contributed by atoms with Gasteiger partial charge in [-0.1, -0.05) is 34.5 Å². The number of rotatable bonds is 8. The first-order chi connectivity index (χ1) is 16.9. The van der Waals surface area contributed by atoms with Crippen molar-refractivity contribution in [1.82, 2.24) is 29.7 Å². The summed E-state index contributed by atoms with van der Waals surface area (Å²) in [4.78, 5) is 17.3. The smallest absolute Gasteiger partial charge is 0.273 e. The van der Waals surface area contributed by atoms with E-state index in [-0.39, 0.29) is 23.3 Å². The summed E-state index contributed by atoms with van der Waals surface area (Å²) in [5.41, 5.74) is 9.97. The molecule has 1 amide bonds. The van der Waals surface area contributed by atoms with E-state index in [2.05, 4.69) is 32.9 Å². The average molecular weight is 512 g/mol. The zero-order valence-corrected chi connectivity index (χ0v) is 20.1. The Balaban J connectivity index is 1.25. The highest BCUT2D eigenvalue weighted by Gasteiger charge is 2.23. The average Bonchev–Trinajstić information content (AvgIpc) is 3.43. The van der Waals surface area contributed by atoms with Gasteiger partial charge in [0.05, 0.1) is 30.3 Å². The molecule has 1 aliphatic rings. The molecule has 35 heavy (non-hydrogen) atoms. The Labute approximate surface area is 211 Å². The maximum atomic E-state index is 12.7. The van der Waals surface area contributed by atoms with Crippen LogP contribution in [0.3, 0.4) is 0 Å². The van der Waals surface area contributed by atoms with Crippen molar-refractivity contribution < 1.29 is 4.79 Å². The minimum Gasteiger partial charge on any atom is -0.388 e. The van der Waals surface area contributed by atoms with E-state index in [0.29, 0.717) is 28.7 Å². The molecule has 1 saturated carbocycles. The molecule has 5 N–H and O–H groups in total. The number of imidazole rings is 1. The molecule has 180 valence electrons. The molecule has 4 aromatic rings. The number of halogens is 2. The van der Waals surface area contributed by atoms with Crippen molar-refractivity contribution in [2.75, 3.05) is 5.01 Å². The van der Waals surface area contributed by atoms with Gasteiger partial charge < -0.3 is 15.5 Å². The fourth-order valence-corrected chi connectivity index (χ4v) is 4.16. The third-order valence-corrected chi connectivity index (χ3v) is 6.02. The molecule has 0 atom stereocenters. The van der Waals surface area contributed by atoms with E-state index in [9.17, 15) is 4.79 Å². The maximum absolute atomic E-state index is 12.7. The molecule has 0 aliphatic heterocycles. The normalized spacial score (nSPS) is 13.9. The van der Waals surface area contributed by atoms with Crippen LogP contribution in [0.25, 0.3) is 5.65 Å². The fourth-order valence-electron chi connectivity index (χ4n) is 3.86. The number of anilines is 1. The van der Waals surface area contributed by atoms with Crippen molar-refractivity contribution in [3.8, 4) is 0 Å². The summed E-state index contributed by atoms with van der Waals surface area (Å²) in [6.07, 6.45) is 9.55. The number of benzene rings is 1. The van der Waals surface area contributed by atoms with E-state index >= 15 is 0 Å². The number of hydrogen-bond donors (Lipinski definition) is 3. The third-order valence-electron chi connectivity index (χ3n) is 5.69. The monoisotopic (exact) mass is 511 g/mol. The van der Waals surface area contributed by atoms with E-state index in [1.54, 1.807) is 29.1 Å². The van der Waals surface area contributed by atoms with Gasteiger partial charge in [-0.15, -0.1) is 5.10 Å². The van der Waals surface area contributed by atoms with Crippen LogP contribution in [-0.2, 0) is 13.1 Å². The number of pyridine rings is 1. The Hall–Kier alpha value is -3.60. The summed E-state index contributed by atoms with van der Waals surface area (Å²) in [7, 11) is 0. The van der Waals surface area contributed by atoms with E-state index in [1.165, 1.54) is 29.6 Å². The number of amides is 1. The predicted octanol–water partition coefficient (Wildman–Crippen LogP) is 3.11. The van der Waals surface area contributed by atoms with Crippen LogP contribution >= 0.6 is 23.2 Å². The first kappa shape index (κ1) is 23.2. The number of carbonyl (C=O) groups is 1. The lowest BCUT2D eigenvalue weighted by molar-refractivity contribution is 0.0946. The summed E-state index contributed by atoms with van der Waals surface area (Å²) in [6.45, 7) is 0.550. The molecule has 1 aromatic carbocycles. The van der Waals surface area contributed by atoms with Gasteiger partial charge in [0.15, 0.2) is 5.69 Å². The molecule has 10 nitrogen and oxygen atoms in total. The van der Waals surface area contributed by atoms with Crippen molar-refractivity contribution >= 4 is 40.4 Å². The maximum Gasteiger partial charge on any atom is 0.273 e. The van der Waals surface area contributed by atoms with Gasteiger partial charge in [0.2, 0.25) is 0 Å². The highest BCUT2D eigenvalue weighted by Crippen LogP contribution is 2.39. The molecule has 0 bridgehead atoms. The molecule has 0 unspecified atom stereocenters. The molecular formula is C23H23Cl2N9O. The van der Waals surface area contributed by atoms with E-state index in [4.69, 9.17) is 34.8 Å². The number of carbonyl (C=O) groups excluding carboxylic acids is 1. The lowest BCUT2D eigenvalue weighted by Gasteiger charge is -2.18. The van der Waals surface area contributed by atoms with Crippen LogP contribution in [0.2, 0.25) is 5.02 Å². The predicted molar refractivity (Wildman–Crippen MR) is 134 cm³/mol. The highest BCUT2D eigenvalue weighted by molar-refractivity contribution is 6.30. The van der Waals surface area contributed by atoms with Crippen LogP contribution in [0, 0.1) is 0 Å². The van der Waals surface area contributed by atoms with Crippen molar-refractivity contribution in [3.05, 3.63) is 87.8 Å². The van der Waals surface area contributed by atoms with Crippen LogP contribution in [0.1, 0.15) is 46.1 Å². The largest absolute Gasteiger partial charge is 0.388 e. The number of hydrazine groups is 1. The topological polar surface area (TPSA) is 132 Å². The van der Waals surface area contributed by atoms with E-state index in [1.807, 2.05) is 16.7 Å². The Kier molecular flexibility index (Phi) is 6.33. The van der Waals surface area contributed by atoms with Crippen LogP contribution in [-0.4, -0.2) is 30.3 Å². The number of fused-ring (bicyclic) bond motifs is 1. The van der Waals surface area contributed by atoms with E-state index < -0.39 is 0 Å². The zero-order chi connectivity index (χ0) is 24.5. The Bertz CT molecular complexity index is 1420. The second-order valence-corrected chi connectivity index (χ2v) is 9.29. The van der Waals surface area contributed by atoms with Gasteiger partial charge in [-0.2, -0.15) is 0 Å². The fraction of sp³-hybridized carbons (Fsp3) is 0.217. The quantitative estimate of drug-likeness (QED) is 0.188. The number of hydrogen-bond acceptors (Lipinski definition) is 7. The number of nitrogens with one attached hydrogen (secondary N) is 1.